The van der Waals surface area contributed by atoms with Crippen LogP contribution in [0.3, 0.4) is 0 Å². The first-order chi connectivity index (χ1) is 10.9. The minimum Gasteiger partial charge on any atom is -0.466 e. The van der Waals surface area contributed by atoms with E-state index in [0.29, 0.717) is 18.3 Å². The number of nitrogens with zero attached hydrogens (tertiary/aromatic N) is 5. The molecule has 0 aliphatic heterocycles. The number of nitrogens with one attached hydrogen (secondary N) is 2. The van der Waals surface area contributed by atoms with Crippen LogP contribution >= 0.6 is 11.6 Å². The molecule has 0 aromatic carbocycles. The minimum absolute atomic E-state index is 0.0150. The Bertz CT molecular complexity index is 692. The molecule has 124 valence electrons. The number of aromatic nitrogens is 6. The second-order valence-corrected chi connectivity index (χ2v) is 4.98. The van der Waals surface area contributed by atoms with Crippen molar-refractivity contribution in [2.45, 2.75) is 26.3 Å². The SMILES string of the molecule is CCOC(=O)Cc1nc(C(C)NC(=O)c2nc(Cl)n(C)n2)n[nH]1. The number of aryl methyl sites for hydroxylation is 1. The summed E-state index contributed by atoms with van der Waals surface area (Å²) in [6.45, 7) is 3.71. The summed E-state index contributed by atoms with van der Waals surface area (Å²) in [4.78, 5) is 31.4. The Kier molecular flexibility index (Phi) is 5.27. The van der Waals surface area contributed by atoms with Gasteiger partial charge in [0.15, 0.2) is 5.82 Å². The third-order valence-corrected chi connectivity index (χ3v) is 3.14. The van der Waals surface area contributed by atoms with Crippen LogP contribution in [0.5, 0.6) is 0 Å². The molecule has 0 aliphatic rings. The van der Waals surface area contributed by atoms with E-state index in [9.17, 15) is 9.59 Å². The van der Waals surface area contributed by atoms with Crippen LogP contribution in [0.25, 0.3) is 0 Å². The van der Waals surface area contributed by atoms with Crippen molar-refractivity contribution < 1.29 is 14.3 Å². The van der Waals surface area contributed by atoms with Crippen LogP contribution in [-0.2, 0) is 23.0 Å². The van der Waals surface area contributed by atoms with Crippen LogP contribution in [0.4, 0.5) is 0 Å². The Balaban J connectivity index is 1.98. The fraction of sp³-hybridized carbons (Fsp3) is 0.500. The zero-order valence-corrected chi connectivity index (χ0v) is 13.6. The Labute approximate surface area is 136 Å². The normalized spacial score (nSPS) is 12.0. The quantitative estimate of drug-likeness (QED) is 0.717. The highest BCUT2D eigenvalue weighted by Gasteiger charge is 2.20. The molecular formula is C12H16ClN7O3. The van der Waals surface area contributed by atoms with Gasteiger partial charge in [0, 0.05) is 7.05 Å². The van der Waals surface area contributed by atoms with Crippen LogP contribution < -0.4 is 5.32 Å². The summed E-state index contributed by atoms with van der Waals surface area (Å²) >= 11 is 5.74. The van der Waals surface area contributed by atoms with Crippen molar-refractivity contribution in [1.29, 1.82) is 0 Å². The van der Waals surface area contributed by atoms with E-state index in [0.717, 1.165) is 0 Å². The topological polar surface area (TPSA) is 128 Å². The van der Waals surface area contributed by atoms with Crippen molar-refractivity contribution in [3.05, 3.63) is 22.8 Å². The molecule has 11 heteroatoms. The second kappa shape index (κ2) is 7.18. The molecule has 23 heavy (non-hydrogen) atoms. The van der Waals surface area contributed by atoms with Gasteiger partial charge in [-0.05, 0) is 25.4 Å². The first-order valence-electron chi connectivity index (χ1n) is 6.85. The van der Waals surface area contributed by atoms with Crippen molar-refractivity contribution >= 4 is 23.5 Å². The van der Waals surface area contributed by atoms with E-state index in [1.165, 1.54) is 4.68 Å². The third-order valence-electron chi connectivity index (χ3n) is 2.81. The second-order valence-electron chi connectivity index (χ2n) is 4.65. The number of aromatic amines is 1. The van der Waals surface area contributed by atoms with Crippen LogP contribution in [-0.4, -0.2) is 48.4 Å². The van der Waals surface area contributed by atoms with Crippen LogP contribution in [0.15, 0.2) is 0 Å². The predicted molar refractivity (Wildman–Crippen MR) is 78.6 cm³/mol. The lowest BCUT2D eigenvalue weighted by molar-refractivity contribution is -0.142. The van der Waals surface area contributed by atoms with Gasteiger partial charge in [0.25, 0.3) is 5.91 Å². The number of hydrogen-bond acceptors (Lipinski definition) is 7. The van der Waals surface area contributed by atoms with Gasteiger partial charge in [-0.25, -0.2) is 9.67 Å². The molecule has 0 bridgehead atoms. The molecule has 2 heterocycles. The Morgan fingerprint density at radius 1 is 1.43 bits per heavy atom. The van der Waals surface area contributed by atoms with Crippen LogP contribution in [0, 0.1) is 0 Å². The lowest BCUT2D eigenvalue weighted by Gasteiger charge is -2.07. The summed E-state index contributed by atoms with van der Waals surface area (Å²) in [5.41, 5.74) is 0. The Morgan fingerprint density at radius 3 is 2.78 bits per heavy atom. The molecule has 1 atom stereocenters. The molecule has 1 unspecified atom stereocenters. The number of H-pyrrole nitrogens is 1. The van der Waals surface area contributed by atoms with Gasteiger partial charge in [-0.3, -0.25) is 14.7 Å². The van der Waals surface area contributed by atoms with Crippen molar-refractivity contribution in [2.75, 3.05) is 6.61 Å². The molecule has 0 aliphatic carbocycles. The molecule has 0 saturated carbocycles. The van der Waals surface area contributed by atoms with Gasteiger partial charge < -0.3 is 10.1 Å². The zero-order valence-electron chi connectivity index (χ0n) is 12.8. The van der Waals surface area contributed by atoms with Crippen molar-refractivity contribution in [3.63, 3.8) is 0 Å². The molecule has 0 radical (unpaired) electrons. The molecule has 2 aromatic heterocycles. The highest BCUT2D eigenvalue weighted by molar-refractivity contribution is 6.28. The fourth-order valence-corrected chi connectivity index (χ4v) is 1.84. The zero-order chi connectivity index (χ0) is 17.0. The Morgan fingerprint density at radius 2 is 2.17 bits per heavy atom. The minimum atomic E-state index is -0.503. The number of amides is 1. The van der Waals surface area contributed by atoms with Gasteiger partial charge in [-0.15, -0.1) is 5.10 Å². The smallest absolute Gasteiger partial charge is 0.313 e. The number of carbonyl (C=O) groups is 2. The number of ether oxygens (including phenoxy) is 1. The average Bonchev–Trinajstić information content (AvgIpc) is 3.07. The molecule has 1 amide bonds. The summed E-state index contributed by atoms with van der Waals surface area (Å²) in [6, 6.07) is -0.503. The first-order valence-corrected chi connectivity index (χ1v) is 7.22. The number of halogens is 1. The van der Waals surface area contributed by atoms with E-state index < -0.39 is 17.9 Å². The van der Waals surface area contributed by atoms with Gasteiger partial charge in [-0.2, -0.15) is 10.1 Å². The summed E-state index contributed by atoms with van der Waals surface area (Å²) < 4.78 is 6.11. The van der Waals surface area contributed by atoms with Crippen LogP contribution in [0.2, 0.25) is 5.28 Å². The summed E-state index contributed by atoms with van der Waals surface area (Å²) in [7, 11) is 1.58. The molecule has 2 rings (SSSR count). The molecule has 2 N–H and O–H groups in total. The van der Waals surface area contributed by atoms with Crippen LogP contribution in [0.1, 0.15) is 42.2 Å². The standard InChI is InChI=1S/C12H16ClN7O3/c1-4-23-8(21)5-7-15-9(18-17-7)6(2)14-11(22)10-16-12(13)20(3)19-10/h6H,4-5H2,1-3H3,(H,14,22)(H,15,17,18). The molecule has 0 saturated heterocycles. The van der Waals surface area contributed by atoms with Crippen molar-refractivity contribution in [1.82, 2.24) is 35.3 Å². The third kappa shape index (κ3) is 4.25. The van der Waals surface area contributed by atoms with E-state index in [1.807, 2.05) is 0 Å². The van der Waals surface area contributed by atoms with E-state index >= 15 is 0 Å². The summed E-state index contributed by atoms with van der Waals surface area (Å²) in [5.74, 6) is -0.263. The fourth-order valence-electron chi connectivity index (χ4n) is 1.72. The first kappa shape index (κ1) is 16.9. The highest BCUT2D eigenvalue weighted by atomic mass is 35.5. The molecule has 10 nitrogen and oxygen atoms in total. The maximum atomic E-state index is 12.0. The molecule has 0 fully saturated rings. The van der Waals surface area contributed by atoms with Gasteiger partial charge in [0.05, 0.1) is 12.6 Å². The average molecular weight is 342 g/mol. The van der Waals surface area contributed by atoms with Gasteiger partial charge in [0.2, 0.25) is 11.1 Å². The van der Waals surface area contributed by atoms with E-state index in [-0.39, 0.29) is 17.5 Å². The van der Waals surface area contributed by atoms with E-state index in [2.05, 4.69) is 30.6 Å². The largest absolute Gasteiger partial charge is 0.466 e. The van der Waals surface area contributed by atoms with Gasteiger partial charge >= 0.3 is 5.97 Å². The van der Waals surface area contributed by atoms with Crippen molar-refractivity contribution in [2.24, 2.45) is 7.05 Å². The summed E-state index contributed by atoms with van der Waals surface area (Å²) in [6.07, 6.45) is -0.0150. The summed E-state index contributed by atoms with van der Waals surface area (Å²) in [5, 5.41) is 13.2. The monoisotopic (exact) mass is 341 g/mol. The number of carbonyl (C=O) groups excluding carboxylic acids is 2. The number of hydrogen-bond donors (Lipinski definition) is 2. The molecule has 0 spiro atoms. The van der Waals surface area contributed by atoms with Gasteiger partial charge in [0.1, 0.15) is 12.2 Å². The number of esters is 1. The lowest BCUT2D eigenvalue weighted by Crippen LogP contribution is -2.28. The van der Waals surface area contributed by atoms with E-state index in [4.69, 9.17) is 16.3 Å². The van der Waals surface area contributed by atoms with Gasteiger partial charge in [-0.1, -0.05) is 0 Å². The lowest BCUT2D eigenvalue weighted by atomic mass is 10.3. The van der Waals surface area contributed by atoms with E-state index in [1.54, 1.807) is 20.9 Å². The predicted octanol–water partition coefficient (Wildman–Crippen LogP) is 0.183. The maximum Gasteiger partial charge on any atom is 0.313 e. The van der Waals surface area contributed by atoms with Crippen molar-refractivity contribution in [3.8, 4) is 0 Å². The number of rotatable bonds is 6. The maximum absolute atomic E-state index is 12.0. The molecule has 2 aromatic rings. The highest BCUT2D eigenvalue weighted by Crippen LogP contribution is 2.09. The Hall–Kier alpha value is -2.49. The molecular weight excluding hydrogens is 326 g/mol.